The Bertz CT molecular complexity index is 1430. The van der Waals surface area contributed by atoms with Crippen LogP contribution in [0.4, 0.5) is 25.8 Å². The number of primary amides is 1. The maximum atomic E-state index is 13.9. The highest BCUT2D eigenvalue weighted by molar-refractivity contribution is 6.74. The number of carbonyl (C=O) groups is 3. The summed E-state index contributed by atoms with van der Waals surface area (Å²) in [7, 11) is -2.28. The fourth-order valence-electron chi connectivity index (χ4n) is 4.78. The first kappa shape index (κ1) is 35.1. The Balaban J connectivity index is 1.85. The van der Waals surface area contributed by atoms with Crippen molar-refractivity contribution in [3.63, 3.8) is 0 Å². The molecule has 1 fully saturated rings. The highest BCUT2D eigenvalue weighted by Gasteiger charge is 2.56. The number of benzene rings is 2. The topological polar surface area (TPSA) is 194 Å². The molecule has 244 valence electrons. The molecule has 2 aromatic rings. The van der Waals surface area contributed by atoms with Crippen molar-refractivity contribution in [1.29, 1.82) is 0 Å². The van der Waals surface area contributed by atoms with Crippen LogP contribution >= 0.6 is 0 Å². The van der Waals surface area contributed by atoms with E-state index < -0.39 is 59.7 Å². The maximum Gasteiger partial charge on any atom is 0.518 e. The molecule has 0 bridgehead atoms. The van der Waals surface area contributed by atoms with Crippen molar-refractivity contribution in [3.8, 4) is 0 Å². The van der Waals surface area contributed by atoms with Crippen LogP contribution in [-0.4, -0.2) is 71.1 Å². The van der Waals surface area contributed by atoms with E-state index in [1.165, 1.54) is 48.5 Å². The average molecular weight is 647 g/mol. The second kappa shape index (κ2) is 13.7. The van der Waals surface area contributed by atoms with Gasteiger partial charge in [-0.2, -0.15) is 9.69 Å². The number of rotatable bonds is 10. The molecule has 1 heterocycles. The fourth-order valence-corrected chi connectivity index (χ4v) is 6.14. The van der Waals surface area contributed by atoms with E-state index in [9.17, 15) is 34.6 Å². The Morgan fingerprint density at radius 2 is 1.40 bits per heavy atom. The zero-order valence-electron chi connectivity index (χ0n) is 26.3. The van der Waals surface area contributed by atoms with Crippen molar-refractivity contribution in [2.24, 2.45) is 5.73 Å². The number of ether oxygens (including phenoxy) is 2. The summed E-state index contributed by atoms with van der Waals surface area (Å²) in [6, 6.07) is 9.25. The van der Waals surface area contributed by atoms with Crippen LogP contribution in [0.2, 0.25) is 18.1 Å². The molecule has 0 spiro atoms. The third-order valence-corrected chi connectivity index (χ3v) is 13.0. The number of imide groups is 1. The molecule has 2 N–H and O–H groups in total. The molecule has 0 radical (unpaired) electrons. The second-order valence-electron chi connectivity index (χ2n) is 12.7. The molecule has 16 heteroatoms. The summed E-state index contributed by atoms with van der Waals surface area (Å²) in [4.78, 5) is 61.1. The number of likely N-dealkylation sites (tertiary alicyclic amines) is 1. The van der Waals surface area contributed by atoms with E-state index in [0.29, 0.717) is 22.4 Å². The maximum absolute atomic E-state index is 13.9. The summed E-state index contributed by atoms with van der Waals surface area (Å²) in [5.74, 6) is 0. The van der Waals surface area contributed by atoms with Crippen LogP contribution in [-0.2, 0) is 27.1 Å². The Hall–Kier alpha value is -4.41. The van der Waals surface area contributed by atoms with Gasteiger partial charge in [0.15, 0.2) is 15.0 Å². The molecule has 1 aliphatic rings. The van der Waals surface area contributed by atoms with Crippen molar-refractivity contribution >= 4 is 37.9 Å². The molecular formula is C29H40N5O10Si+. The van der Waals surface area contributed by atoms with Gasteiger partial charge >= 0.3 is 18.2 Å². The molecule has 15 nitrogen and oxygen atoms in total. The lowest BCUT2D eigenvalue weighted by molar-refractivity contribution is -0.876. The van der Waals surface area contributed by atoms with Crippen molar-refractivity contribution < 1.29 is 42.6 Å². The van der Waals surface area contributed by atoms with Gasteiger partial charge in [-0.25, -0.2) is 14.1 Å². The summed E-state index contributed by atoms with van der Waals surface area (Å²) < 4.78 is 17.1. The fraction of sp³-hybridized carbons (Fsp3) is 0.483. The molecule has 1 unspecified atom stereocenters. The van der Waals surface area contributed by atoms with E-state index in [2.05, 4.69) is 33.9 Å². The van der Waals surface area contributed by atoms with E-state index in [-0.39, 0.29) is 36.2 Å². The Morgan fingerprint density at radius 1 is 0.933 bits per heavy atom. The Kier molecular flexibility index (Phi) is 10.7. The molecule has 45 heavy (non-hydrogen) atoms. The van der Waals surface area contributed by atoms with Crippen LogP contribution in [0, 0.1) is 20.2 Å². The number of nitro groups is 2. The van der Waals surface area contributed by atoms with E-state index in [1.54, 1.807) is 6.92 Å². The molecule has 3 rings (SSSR count). The SMILES string of the molecule is C[C@H]1C[C@@H](O[Si](C)(C)C(C)(C)C)C[N+]1(CN(C(N)=O)C(=O)OCc1ccc([N+](=O)[O-])cc1)C(=O)OCc1ccc([N+](=O)[O-])cc1. The van der Waals surface area contributed by atoms with Gasteiger partial charge < -0.3 is 19.6 Å². The molecule has 1 saturated heterocycles. The third-order valence-electron chi connectivity index (χ3n) is 8.51. The number of hydrogen-bond donors (Lipinski definition) is 1. The van der Waals surface area contributed by atoms with Crippen LogP contribution in [0.1, 0.15) is 45.2 Å². The molecule has 4 amide bonds. The molecule has 3 atom stereocenters. The zero-order chi connectivity index (χ0) is 33.7. The van der Waals surface area contributed by atoms with Gasteiger partial charge in [-0.1, -0.05) is 20.8 Å². The summed E-state index contributed by atoms with van der Waals surface area (Å²) in [6.07, 6.45) is -1.80. The quantitative estimate of drug-likeness (QED) is 0.142. The van der Waals surface area contributed by atoms with Crippen LogP contribution in [0.15, 0.2) is 48.5 Å². The number of nitrogens with zero attached hydrogens (tertiary/aromatic N) is 4. The highest BCUT2D eigenvalue weighted by Crippen LogP contribution is 2.40. The van der Waals surface area contributed by atoms with Gasteiger partial charge in [-0.05, 0) is 60.4 Å². The summed E-state index contributed by atoms with van der Waals surface area (Å²) in [6.45, 7) is 11.3. The van der Waals surface area contributed by atoms with Crippen LogP contribution in [0.25, 0.3) is 0 Å². The van der Waals surface area contributed by atoms with Gasteiger partial charge in [-0.3, -0.25) is 20.2 Å². The third kappa shape index (κ3) is 8.40. The minimum absolute atomic E-state index is 0.0895. The number of amides is 4. The Morgan fingerprint density at radius 3 is 1.82 bits per heavy atom. The summed E-state index contributed by atoms with van der Waals surface area (Å²) in [5.41, 5.74) is 6.29. The lowest BCUT2D eigenvalue weighted by Gasteiger charge is -2.39. The lowest BCUT2D eigenvalue weighted by atomic mass is 10.2. The number of carbonyl (C=O) groups excluding carboxylic acids is 3. The minimum Gasteiger partial charge on any atom is -0.444 e. The predicted molar refractivity (Wildman–Crippen MR) is 164 cm³/mol. The van der Waals surface area contributed by atoms with Gasteiger partial charge in [0, 0.05) is 30.7 Å². The molecule has 1 aliphatic heterocycles. The van der Waals surface area contributed by atoms with Gasteiger partial charge in [0.25, 0.3) is 11.4 Å². The van der Waals surface area contributed by atoms with Crippen LogP contribution < -0.4 is 5.73 Å². The standard InChI is InChI=1S/C29H39N5O10Si/c1-20-15-25(44-45(5,6)29(2,3)4)16-34(20,28(37)43-18-22-9-13-24(14-10-22)33(40)41)19-31(26(30)35)27(36)42-17-21-7-11-23(12-8-21)32(38)39/h7-14,20,25H,15-19H2,1-6H3,(H-,30,35)/p+1/t20-,25+,34?/m0/s1. The van der Waals surface area contributed by atoms with E-state index in [0.717, 1.165) is 0 Å². The van der Waals surface area contributed by atoms with Crippen molar-refractivity contribution in [2.45, 2.75) is 77.6 Å². The number of quaternary nitrogens is 1. The zero-order valence-corrected chi connectivity index (χ0v) is 27.3. The first-order valence-electron chi connectivity index (χ1n) is 14.3. The van der Waals surface area contributed by atoms with Crippen molar-refractivity contribution in [3.05, 3.63) is 79.9 Å². The molecule has 2 aromatic carbocycles. The Labute approximate surface area is 261 Å². The first-order chi connectivity index (χ1) is 20.9. The monoisotopic (exact) mass is 646 g/mol. The largest absolute Gasteiger partial charge is 0.518 e. The van der Waals surface area contributed by atoms with E-state index in [1.807, 2.05) is 0 Å². The normalized spacial score (nSPS) is 19.9. The van der Waals surface area contributed by atoms with Crippen molar-refractivity contribution in [2.75, 3.05) is 13.2 Å². The van der Waals surface area contributed by atoms with Gasteiger partial charge in [0.1, 0.15) is 31.9 Å². The van der Waals surface area contributed by atoms with E-state index in [4.69, 9.17) is 19.6 Å². The summed E-state index contributed by atoms with van der Waals surface area (Å²) in [5, 5.41) is 21.8. The number of nitrogens with two attached hydrogens (primary N) is 1. The second-order valence-corrected chi connectivity index (χ2v) is 17.4. The molecule has 0 saturated carbocycles. The highest BCUT2D eigenvalue weighted by atomic mass is 28.4. The van der Waals surface area contributed by atoms with E-state index >= 15 is 0 Å². The average Bonchev–Trinajstić information content (AvgIpc) is 3.27. The minimum atomic E-state index is -2.28. The predicted octanol–water partition coefficient (Wildman–Crippen LogP) is 5.81. The molecular weight excluding hydrogens is 606 g/mol. The number of hydrogen-bond acceptors (Lipinski definition) is 10. The smallest absolute Gasteiger partial charge is 0.444 e. The van der Waals surface area contributed by atoms with Gasteiger partial charge in [0.2, 0.25) is 0 Å². The van der Waals surface area contributed by atoms with Gasteiger partial charge in [0.05, 0.1) is 9.85 Å². The van der Waals surface area contributed by atoms with Crippen LogP contribution in [0.3, 0.4) is 0 Å². The van der Waals surface area contributed by atoms with Crippen molar-refractivity contribution in [1.82, 2.24) is 4.90 Å². The van der Waals surface area contributed by atoms with Crippen LogP contribution in [0.5, 0.6) is 0 Å². The molecule has 0 aromatic heterocycles. The summed E-state index contributed by atoms with van der Waals surface area (Å²) >= 11 is 0. The van der Waals surface area contributed by atoms with Gasteiger partial charge in [-0.15, -0.1) is 0 Å². The number of non-ortho nitro benzene ring substituents is 2. The molecule has 0 aliphatic carbocycles. The first-order valence-corrected chi connectivity index (χ1v) is 17.2. The number of urea groups is 1. The lowest BCUT2D eigenvalue weighted by Crippen LogP contribution is -2.63. The number of nitro benzene ring substituents is 2.